The van der Waals surface area contributed by atoms with Crippen molar-refractivity contribution in [2.75, 3.05) is 26.2 Å². The van der Waals surface area contributed by atoms with Crippen molar-refractivity contribution < 1.29 is 14.6 Å². The monoisotopic (exact) mass is 420 g/mol. The van der Waals surface area contributed by atoms with Crippen LogP contribution in [0.4, 0.5) is 0 Å². The number of para-hydroxylation sites is 1. The second-order valence-electron chi connectivity index (χ2n) is 9.35. The molecule has 2 heterocycles. The Labute approximate surface area is 184 Å². The highest BCUT2D eigenvalue weighted by Crippen LogP contribution is 2.40. The van der Waals surface area contributed by atoms with Gasteiger partial charge in [0, 0.05) is 19.1 Å². The molecule has 0 bridgehead atoms. The van der Waals surface area contributed by atoms with Crippen molar-refractivity contribution in [1.82, 2.24) is 9.80 Å². The minimum absolute atomic E-state index is 0.0465. The molecule has 0 radical (unpaired) electrons. The molecule has 0 aromatic heterocycles. The van der Waals surface area contributed by atoms with Crippen molar-refractivity contribution >= 4 is 5.91 Å². The third-order valence-corrected chi connectivity index (χ3v) is 7.36. The molecule has 1 saturated carbocycles. The van der Waals surface area contributed by atoms with Crippen LogP contribution in [0, 0.1) is 11.8 Å². The minimum atomic E-state index is -0.268. The zero-order chi connectivity index (χ0) is 21.2. The second-order valence-corrected chi connectivity index (χ2v) is 9.35. The second kappa shape index (κ2) is 9.01. The number of hydrogen-bond acceptors (Lipinski definition) is 4. The Hall–Kier alpha value is -2.37. The van der Waals surface area contributed by atoms with Gasteiger partial charge in [-0.2, -0.15) is 0 Å². The van der Waals surface area contributed by atoms with E-state index in [2.05, 4.69) is 4.90 Å². The zero-order valence-electron chi connectivity index (χ0n) is 18.0. The van der Waals surface area contributed by atoms with Gasteiger partial charge in [-0.25, -0.2) is 0 Å². The first-order valence-electron chi connectivity index (χ1n) is 11.7. The number of fused-ring (bicyclic) bond motifs is 1. The molecule has 1 aliphatic carbocycles. The Balaban J connectivity index is 1.26. The number of nitrogens with zero attached hydrogens (tertiary/aromatic N) is 2. The Kier molecular flexibility index (Phi) is 5.97. The highest BCUT2D eigenvalue weighted by molar-refractivity contribution is 5.97. The smallest absolute Gasteiger partial charge is 0.257 e. The fraction of sp³-hybridized carbons (Fsp3) is 0.500. The first-order chi connectivity index (χ1) is 15.2. The van der Waals surface area contributed by atoms with E-state index < -0.39 is 0 Å². The number of ether oxygens (including phenoxy) is 1. The molecule has 2 aromatic rings. The number of likely N-dealkylation sites (tertiary alicyclic amines) is 2. The van der Waals surface area contributed by atoms with Gasteiger partial charge in [0.15, 0.2) is 0 Å². The summed E-state index contributed by atoms with van der Waals surface area (Å²) in [5, 5.41) is 10.8. The van der Waals surface area contributed by atoms with Crippen LogP contribution in [0.3, 0.4) is 0 Å². The number of benzene rings is 2. The summed E-state index contributed by atoms with van der Waals surface area (Å²) < 4.78 is 6.03. The number of rotatable bonds is 5. The fourth-order valence-electron chi connectivity index (χ4n) is 5.71. The quantitative estimate of drug-likeness (QED) is 0.804. The third kappa shape index (κ3) is 4.35. The lowest BCUT2D eigenvalue weighted by molar-refractivity contribution is -0.000865. The maximum absolute atomic E-state index is 13.4. The molecule has 5 rings (SSSR count). The van der Waals surface area contributed by atoms with Gasteiger partial charge in [0.05, 0.1) is 11.7 Å². The molecule has 5 nitrogen and oxygen atoms in total. The standard InChI is InChI=1S/C26H32N2O3/c29-24-15-21-17-28(16-20(21)14-23(24)27-12-6-7-13-27)26(30)22-10-4-5-11-25(22)31-18-19-8-2-1-3-9-19/h1-5,8-11,20-21,23-24,29H,6-7,12-18H2/t20-,21+,23-,24-/m1/s1. The molecule has 0 spiro atoms. The Bertz CT molecular complexity index is 897. The summed E-state index contributed by atoms with van der Waals surface area (Å²) >= 11 is 0. The average Bonchev–Trinajstić information content (AvgIpc) is 3.47. The first-order valence-corrected chi connectivity index (χ1v) is 11.7. The van der Waals surface area contributed by atoms with Gasteiger partial charge in [-0.3, -0.25) is 9.69 Å². The van der Waals surface area contributed by atoms with Crippen molar-refractivity contribution in [3.8, 4) is 5.75 Å². The molecule has 3 fully saturated rings. The predicted octanol–water partition coefficient (Wildman–Crippen LogP) is 3.57. The largest absolute Gasteiger partial charge is 0.488 e. The Morgan fingerprint density at radius 1 is 0.935 bits per heavy atom. The molecule has 2 saturated heterocycles. The van der Waals surface area contributed by atoms with Crippen molar-refractivity contribution in [3.63, 3.8) is 0 Å². The van der Waals surface area contributed by atoms with Gasteiger partial charge in [-0.15, -0.1) is 0 Å². The topological polar surface area (TPSA) is 53.0 Å². The van der Waals surface area contributed by atoms with Gasteiger partial charge in [-0.05, 0) is 68.3 Å². The fourth-order valence-corrected chi connectivity index (χ4v) is 5.71. The number of aliphatic hydroxyl groups is 1. The van der Waals surface area contributed by atoms with E-state index in [0.29, 0.717) is 29.8 Å². The SMILES string of the molecule is O=C(c1ccccc1OCc1ccccc1)N1C[C@H]2C[C@@H](N3CCCC3)[C@H](O)C[C@H]2C1. The van der Waals surface area contributed by atoms with Crippen molar-refractivity contribution in [1.29, 1.82) is 0 Å². The molecular formula is C26H32N2O3. The molecule has 0 unspecified atom stereocenters. The number of aliphatic hydroxyl groups excluding tert-OH is 1. The Morgan fingerprint density at radius 2 is 1.61 bits per heavy atom. The van der Waals surface area contributed by atoms with Crippen LogP contribution in [-0.4, -0.2) is 59.1 Å². The summed E-state index contributed by atoms with van der Waals surface area (Å²) in [6.07, 6.45) is 4.02. The number of carbonyl (C=O) groups excluding carboxylic acids is 1. The van der Waals surface area contributed by atoms with E-state index in [1.165, 1.54) is 12.8 Å². The van der Waals surface area contributed by atoms with Crippen LogP contribution in [0.2, 0.25) is 0 Å². The molecule has 1 N–H and O–H groups in total. The van der Waals surface area contributed by atoms with Gasteiger partial charge in [-0.1, -0.05) is 42.5 Å². The van der Waals surface area contributed by atoms with E-state index in [4.69, 9.17) is 4.74 Å². The molecule has 164 valence electrons. The van der Waals surface area contributed by atoms with Crippen molar-refractivity contribution in [2.45, 2.75) is 44.4 Å². The van der Waals surface area contributed by atoms with Crippen LogP contribution in [0.15, 0.2) is 54.6 Å². The summed E-state index contributed by atoms with van der Waals surface area (Å²) in [5.74, 6) is 1.57. The molecule has 2 aliphatic heterocycles. The lowest BCUT2D eigenvalue weighted by atomic mass is 9.77. The number of hydrogen-bond donors (Lipinski definition) is 1. The molecule has 1 amide bonds. The highest BCUT2D eigenvalue weighted by Gasteiger charge is 2.45. The zero-order valence-corrected chi connectivity index (χ0v) is 18.0. The maximum atomic E-state index is 13.4. The summed E-state index contributed by atoms with van der Waals surface area (Å²) in [5.41, 5.74) is 1.72. The van der Waals surface area contributed by atoms with Crippen LogP contribution in [-0.2, 0) is 6.61 Å². The van der Waals surface area contributed by atoms with Crippen LogP contribution in [0.1, 0.15) is 41.6 Å². The molecule has 4 atom stereocenters. The highest BCUT2D eigenvalue weighted by atomic mass is 16.5. The van der Waals surface area contributed by atoms with E-state index in [1.54, 1.807) is 0 Å². The summed E-state index contributed by atoms with van der Waals surface area (Å²) in [7, 11) is 0. The molecule has 5 heteroatoms. The van der Waals surface area contributed by atoms with Crippen molar-refractivity contribution in [2.24, 2.45) is 11.8 Å². The van der Waals surface area contributed by atoms with Gasteiger partial charge >= 0.3 is 0 Å². The molecule has 31 heavy (non-hydrogen) atoms. The van der Waals surface area contributed by atoms with E-state index in [-0.39, 0.29) is 18.1 Å². The normalized spacial score (nSPS) is 28.5. The first kappa shape index (κ1) is 20.5. The molecule has 2 aromatic carbocycles. The number of carbonyl (C=O) groups is 1. The predicted molar refractivity (Wildman–Crippen MR) is 120 cm³/mol. The third-order valence-electron chi connectivity index (χ3n) is 7.36. The van der Waals surface area contributed by atoms with Gasteiger partial charge in [0.2, 0.25) is 0 Å². The van der Waals surface area contributed by atoms with E-state index >= 15 is 0 Å². The van der Waals surface area contributed by atoms with E-state index in [0.717, 1.165) is 44.6 Å². The van der Waals surface area contributed by atoms with Crippen molar-refractivity contribution in [3.05, 3.63) is 65.7 Å². The summed E-state index contributed by atoms with van der Waals surface area (Å²) in [6, 6.07) is 17.8. The minimum Gasteiger partial charge on any atom is -0.488 e. The van der Waals surface area contributed by atoms with Crippen LogP contribution in [0.5, 0.6) is 5.75 Å². The van der Waals surface area contributed by atoms with Gasteiger partial charge < -0.3 is 14.7 Å². The summed E-state index contributed by atoms with van der Waals surface area (Å²) in [6.45, 7) is 4.18. The molecular weight excluding hydrogens is 388 g/mol. The Morgan fingerprint density at radius 3 is 2.39 bits per heavy atom. The lowest BCUT2D eigenvalue weighted by Gasteiger charge is -2.40. The van der Waals surface area contributed by atoms with E-state index in [9.17, 15) is 9.90 Å². The van der Waals surface area contributed by atoms with Gasteiger partial charge in [0.1, 0.15) is 12.4 Å². The molecule has 3 aliphatic rings. The van der Waals surface area contributed by atoms with Crippen LogP contribution >= 0.6 is 0 Å². The maximum Gasteiger partial charge on any atom is 0.257 e. The average molecular weight is 421 g/mol. The summed E-state index contributed by atoms with van der Waals surface area (Å²) in [4.78, 5) is 17.9. The van der Waals surface area contributed by atoms with Crippen LogP contribution in [0.25, 0.3) is 0 Å². The lowest BCUT2D eigenvalue weighted by Crippen LogP contribution is -2.48. The van der Waals surface area contributed by atoms with Gasteiger partial charge in [0.25, 0.3) is 5.91 Å². The van der Waals surface area contributed by atoms with E-state index in [1.807, 2.05) is 59.5 Å². The number of amides is 1. The van der Waals surface area contributed by atoms with Crippen LogP contribution < -0.4 is 4.74 Å².